The molecule has 0 bridgehead atoms. The van der Waals surface area contributed by atoms with Gasteiger partial charge in [0.1, 0.15) is 12.4 Å². The van der Waals surface area contributed by atoms with Gasteiger partial charge in [-0.25, -0.2) is 4.98 Å². The highest BCUT2D eigenvalue weighted by Crippen LogP contribution is 2.29. The van der Waals surface area contributed by atoms with Crippen molar-refractivity contribution in [1.29, 1.82) is 0 Å². The fourth-order valence-corrected chi connectivity index (χ4v) is 3.42. The third-order valence-electron chi connectivity index (χ3n) is 5.12. The standard InChI is InChI=1S/C20H25N3O2/c24-19(14-25-13-15-8-9-15)23-10-4-7-17(12-23)20-21-11-18(22-20)16-5-2-1-3-6-16/h1-3,5-6,11,15,17H,4,7-10,12-14H2,(H,21,22)/t17-/m0/s1. The third-order valence-corrected chi connectivity index (χ3v) is 5.12. The number of aromatic amines is 1. The van der Waals surface area contributed by atoms with Crippen LogP contribution in [0.3, 0.4) is 0 Å². The van der Waals surface area contributed by atoms with Crippen molar-refractivity contribution in [2.45, 2.75) is 31.6 Å². The van der Waals surface area contributed by atoms with Gasteiger partial charge in [-0.2, -0.15) is 0 Å². The van der Waals surface area contributed by atoms with E-state index in [1.807, 2.05) is 29.3 Å². The molecule has 5 heteroatoms. The lowest BCUT2D eigenvalue weighted by molar-refractivity contribution is -0.137. The first-order chi connectivity index (χ1) is 12.3. The van der Waals surface area contributed by atoms with Crippen LogP contribution in [0.5, 0.6) is 0 Å². The van der Waals surface area contributed by atoms with Crippen molar-refractivity contribution >= 4 is 5.91 Å². The van der Waals surface area contributed by atoms with Gasteiger partial charge in [0.2, 0.25) is 5.91 Å². The molecule has 1 aromatic carbocycles. The molecule has 4 rings (SSSR count). The maximum absolute atomic E-state index is 12.4. The Morgan fingerprint density at radius 1 is 1.24 bits per heavy atom. The molecule has 1 saturated carbocycles. The topological polar surface area (TPSA) is 58.2 Å². The molecule has 2 aliphatic rings. The van der Waals surface area contributed by atoms with Crippen LogP contribution in [-0.2, 0) is 9.53 Å². The molecule has 5 nitrogen and oxygen atoms in total. The van der Waals surface area contributed by atoms with E-state index in [0.29, 0.717) is 5.92 Å². The summed E-state index contributed by atoms with van der Waals surface area (Å²) in [7, 11) is 0. The molecule has 1 aromatic heterocycles. The molecule has 1 aliphatic carbocycles. The number of hydrogen-bond donors (Lipinski definition) is 1. The highest BCUT2D eigenvalue weighted by Gasteiger charge is 2.27. The molecule has 1 aliphatic heterocycles. The van der Waals surface area contributed by atoms with Crippen LogP contribution < -0.4 is 0 Å². The summed E-state index contributed by atoms with van der Waals surface area (Å²) in [5.74, 6) is 2.07. The number of H-pyrrole nitrogens is 1. The Balaban J connectivity index is 1.36. The Hall–Kier alpha value is -2.14. The Bertz CT molecular complexity index is 709. The van der Waals surface area contributed by atoms with E-state index in [1.54, 1.807) is 0 Å². The predicted octanol–water partition coefficient (Wildman–Crippen LogP) is 3.21. The largest absolute Gasteiger partial charge is 0.371 e. The first kappa shape index (κ1) is 16.3. The van der Waals surface area contributed by atoms with Crippen LogP contribution in [0.2, 0.25) is 0 Å². The summed E-state index contributed by atoms with van der Waals surface area (Å²) in [5.41, 5.74) is 2.17. The zero-order chi connectivity index (χ0) is 17.1. The second-order valence-electron chi connectivity index (χ2n) is 7.19. The lowest BCUT2D eigenvalue weighted by atomic mass is 9.97. The zero-order valence-corrected chi connectivity index (χ0v) is 14.5. The number of nitrogens with zero attached hydrogens (tertiary/aromatic N) is 2. The highest BCUT2D eigenvalue weighted by atomic mass is 16.5. The van der Waals surface area contributed by atoms with E-state index in [4.69, 9.17) is 4.74 Å². The van der Waals surface area contributed by atoms with Crippen molar-refractivity contribution in [3.63, 3.8) is 0 Å². The fourth-order valence-electron chi connectivity index (χ4n) is 3.42. The monoisotopic (exact) mass is 339 g/mol. The average molecular weight is 339 g/mol. The predicted molar refractivity (Wildman–Crippen MR) is 96.1 cm³/mol. The lowest BCUT2D eigenvalue weighted by Gasteiger charge is -2.31. The second kappa shape index (κ2) is 7.40. The van der Waals surface area contributed by atoms with Gasteiger partial charge in [-0.05, 0) is 37.2 Å². The summed E-state index contributed by atoms with van der Waals surface area (Å²) >= 11 is 0. The zero-order valence-electron chi connectivity index (χ0n) is 14.5. The molecule has 2 aromatic rings. The summed E-state index contributed by atoms with van der Waals surface area (Å²) in [5, 5.41) is 0. The number of likely N-dealkylation sites (tertiary alicyclic amines) is 1. The number of nitrogens with one attached hydrogen (secondary N) is 1. The molecule has 25 heavy (non-hydrogen) atoms. The molecule has 2 heterocycles. The summed E-state index contributed by atoms with van der Waals surface area (Å²) in [6, 6.07) is 10.2. The van der Waals surface area contributed by atoms with Crippen LogP contribution >= 0.6 is 0 Å². The molecule has 1 saturated heterocycles. The number of imidazole rings is 1. The Labute approximate surface area is 148 Å². The van der Waals surface area contributed by atoms with E-state index in [-0.39, 0.29) is 18.4 Å². The first-order valence-electron chi connectivity index (χ1n) is 9.25. The summed E-state index contributed by atoms with van der Waals surface area (Å²) < 4.78 is 5.56. The number of amides is 1. The number of aromatic nitrogens is 2. The number of rotatable bonds is 6. The van der Waals surface area contributed by atoms with Crippen molar-refractivity contribution < 1.29 is 9.53 Å². The molecule has 1 N–H and O–H groups in total. The van der Waals surface area contributed by atoms with Gasteiger partial charge in [-0.15, -0.1) is 0 Å². The van der Waals surface area contributed by atoms with Crippen LogP contribution in [0.15, 0.2) is 36.5 Å². The third kappa shape index (κ3) is 4.10. The van der Waals surface area contributed by atoms with E-state index >= 15 is 0 Å². The Kier molecular flexibility index (Phi) is 4.83. The van der Waals surface area contributed by atoms with E-state index in [1.165, 1.54) is 12.8 Å². The molecular weight excluding hydrogens is 314 g/mol. The normalized spacial score (nSPS) is 20.6. The van der Waals surface area contributed by atoms with Crippen LogP contribution in [0.4, 0.5) is 0 Å². The van der Waals surface area contributed by atoms with Gasteiger partial charge >= 0.3 is 0 Å². The minimum absolute atomic E-state index is 0.111. The van der Waals surface area contributed by atoms with Crippen molar-refractivity contribution in [1.82, 2.24) is 14.9 Å². The van der Waals surface area contributed by atoms with Gasteiger partial charge < -0.3 is 14.6 Å². The molecule has 1 atom stereocenters. The number of ether oxygens (including phenoxy) is 1. The van der Waals surface area contributed by atoms with Gasteiger partial charge in [0, 0.05) is 19.0 Å². The quantitative estimate of drug-likeness (QED) is 0.879. The van der Waals surface area contributed by atoms with Gasteiger partial charge in [-0.3, -0.25) is 4.79 Å². The van der Waals surface area contributed by atoms with Crippen LogP contribution in [0.25, 0.3) is 11.3 Å². The molecule has 0 radical (unpaired) electrons. The maximum Gasteiger partial charge on any atom is 0.248 e. The summed E-state index contributed by atoms with van der Waals surface area (Å²) in [6.45, 7) is 2.51. The number of carbonyl (C=O) groups is 1. The van der Waals surface area contributed by atoms with Crippen molar-refractivity contribution in [3.8, 4) is 11.3 Å². The molecule has 2 fully saturated rings. The molecule has 1 amide bonds. The minimum Gasteiger partial charge on any atom is -0.371 e. The Morgan fingerprint density at radius 2 is 2.08 bits per heavy atom. The highest BCUT2D eigenvalue weighted by molar-refractivity contribution is 5.77. The number of piperidine rings is 1. The van der Waals surface area contributed by atoms with Gasteiger partial charge in [0.05, 0.1) is 18.5 Å². The van der Waals surface area contributed by atoms with Gasteiger partial charge in [0.15, 0.2) is 0 Å². The lowest BCUT2D eigenvalue weighted by Crippen LogP contribution is -2.41. The van der Waals surface area contributed by atoms with Crippen molar-refractivity contribution in [2.24, 2.45) is 5.92 Å². The second-order valence-corrected chi connectivity index (χ2v) is 7.19. The fraction of sp³-hybridized carbons (Fsp3) is 0.500. The van der Waals surface area contributed by atoms with E-state index in [0.717, 1.165) is 49.6 Å². The molecular formula is C20H25N3O2. The van der Waals surface area contributed by atoms with Crippen molar-refractivity contribution in [2.75, 3.05) is 26.3 Å². The van der Waals surface area contributed by atoms with Crippen LogP contribution in [0, 0.1) is 5.92 Å². The number of hydrogen-bond acceptors (Lipinski definition) is 3. The van der Waals surface area contributed by atoms with Gasteiger partial charge in [0.25, 0.3) is 0 Å². The van der Waals surface area contributed by atoms with Crippen molar-refractivity contribution in [3.05, 3.63) is 42.4 Å². The van der Waals surface area contributed by atoms with Crippen LogP contribution in [-0.4, -0.2) is 47.1 Å². The van der Waals surface area contributed by atoms with Gasteiger partial charge in [-0.1, -0.05) is 30.3 Å². The average Bonchev–Trinajstić information content (AvgIpc) is 3.35. The van der Waals surface area contributed by atoms with E-state index < -0.39 is 0 Å². The van der Waals surface area contributed by atoms with Crippen LogP contribution in [0.1, 0.15) is 37.4 Å². The number of carbonyl (C=O) groups excluding carboxylic acids is 1. The van der Waals surface area contributed by atoms with E-state index in [9.17, 15) is 4.79 Å². The molecule has 132 valence electrons. The summed E-state index contributed by atoms with van der Waals surface area (Å²) in [4.78, 5) is 22.3. The smallest absolute Gasteiger partial charge is 0.248 e. The SMILES string of the molecule is O=C(COCC1CC1)N1CCC[C@H](c2ncc(-c3ccccc3)[nH]2)C1. The minimum atomic E-state index is 0.111. The van der Waals surface area contributed by atoms with E-state index in [2.05, 4.69) is 22.1 Å². The first-order valence-corrected chi connectivity index (χ1v) is 9.25. The maximum atomic E-state index is 12.4. The molecule has 0 spiro atoms. The summed E-state index contributed by atoms with van der Waals surface area (Å²) in [6.07, 6.45) is 6.48. The number of benzene rings is 1. The molecule has 0 unspecified atom stereocenters. The Morgan fingerprint density at radius 3 is 2.88 bits per heavy atom.